The van der Waals surface area contributed by atoms with E-state index in [1.807, 2.05) is 4.90 Å². The molecule has 4 unspecified atom stereocenters. The first-order valence-electron chi connectivity index (χ1n) is 8.94. The molecule has 0 aromatic carbocycles. The molecular formula is C17H30ClN3O2. The lowest BCUT2D eigenvalue weighted by Gasteiger charge is -2.44. The number of rotatable bonds is 3. The van der Waals surface area contributed by atoms with Crippen LogP contribution in [0.1, 0.15) is 51.9 Å². The Morgan fingerprint density at radius 3 is 2.78 bits per heavy atom. The number of nitrogens with zero attached hydrogens (tertiary/aromatic N) is 1. The normalized spacial score (nSPS) is 32.3. The second kappa shape index (κ2) is 8.34. The molecular weight excluding hydrogens is 314 g/mol. The van der Waals surface area contributed by atoms with E-state index < -0.39 is 0 Å². The van der Waals surface area contributed by atoms with Crippen molar-refractivity contribution in [1.29, 1.82) is 0 Å². The Bertz CT molecular complexity index is 426. The van der Waals surface area contributed by atoms with Crippen molar-refractivity contribution in [3.05, 3.63) is 0 Å². The SMILES string of the molecule is CC(CC(=O)N1CC(=O)NC2CCCCC21)C1CCCNC1.Cl. The Kier molecular flexibility index (Phi) is 6.72. The molecule has 0 aromatic heterocycles. The number of halogens is 1. The van der Waals surface area contributed by atoms with E-state index in [0.29, 0.717) is 18.3 Å². The quantitative estimate of drug-likeness (QED) is 0.820. The second-order valence-corrected chi connectivity index (χ2v) is 7.34. The molecule has 6 heteroatoms. The van der Waals surface area contributed by atoms with Gasteiger partial charge in [-0.05, 0) is 50.6 Å². The van der Waals surface area contributed by atoms with Gasteiger partial charge in [-0.15, -0.1) is 12.4 Å². The fraction of sp³-hybridized carbons (Fsp3) is 0.882. The third-order valence-electron chi connectivity index (χ3n) is 5.75. The predicted octanol–water partition coefficient (Wildman–Crippen LogP) is 1.70. The van der Waals surface area contributed by atoms with Gasteiger partial charge in [-0.2, -0.15) is 0 Å². The highest BCUT2D eigenvalue weighted by Gasteiger charge is 2.39. The minimum atomic E-state index is 0. The van der Waals surface area contributed by atoms with E-state index in [1.165, 1.54) is 19.3 Å². The summed E-state index contributed by atoms with van der Waals surface area (Å²) in [7, 11) is 0. The fourth-order valence-electron chi connectivity index (χ4n) is 4.37. The molecule has 2 heterocycles. The Labute approximate surface area is 145 Å². The molecule has 0 bridgehead atoms. The molecule has 3 aliphatic rings. The van der Waals surface area contributed by atoms with Crippen molar-refractivity contribution >= 4 is 24.2 Å². The highest BCUT2D eigenvalue weighted by Crippen LogP contribution is 2.28. The summed E-state index contributed by atoms with van der Waals surface area (Å²) in [5.74, 6) is 1.19. The number of hydrogen-bond donors (Lipinski definition) is 2. The number of hydrogen-bond acceptors (Lipinski definition) is 3. The minimum Gasteiger partial charge on any atom is -0.350 e. The van der Waals surface area contributed by atoms with Crippen molar-refractivity contribution in [3.8, 4) is 0 Å². The van der Waals surface area contributed by atoms with E-state index in [1.54, 1.807) is 0 Å². The van der Waals surface area contributed by atoms with Crippen molar-refractivity contribution in [3.63, 3.8) is 0 Å². The summed E-state index contributed by atoms with van der Waals surface area (Å²) in [5, 5.41) is 6.51. The van der Waals surface area contributed by atoms with Crippen LogP contribution in [0.4, 0.5) is 0 Å². The van der Waals surface area contributed by atoms with Crippen LogP contribution in [0.3, 0.4) is 0 Å². The van der Waals surface area contributed by atoms with E-state index >= 15 is 0 Å². The average Bonchev–Trinajstić information content (AvgIpc) is 2.54. The molecule has 0 radical (unpaired) electrons. The van der Waals surface area contributed by atoms with Crippen LogP contribution < -0.4 is 10.6 Å². The summed E-state index contributed by atoms with van der Waals surface area (Å²) in [4.78, 5) is 26.6. The van der Waals surface area contributed by atoms with Crippen LogP contribution in [-0.4, -0.2) is 48.4 Å². The summed E-state index contributed by atoms with van der Waals surface area (Å²) >= 11 is 0. The molecule has 0 aromatic rings. The van der Waals surface area contributed by atoms with Crippen molar-refractivity contribution in [2.45, 2.75) is 64.0 Å². The van der Waals surface area contributed by atoms with Gasteiger partial charge in [0.2, 0.25) is 11.8 Å². The maximum Gasteiger partial charge on any atom is 0.239 e. The maximum absolute atomic E-state index is 12.8. The van der Waals surface area contributed by atoms with Crippen molar-refractivity contribution < 1.29 is 9.59 Å². The highest BCUT2D eigenvalue weighted by atomic mass is 35.5. The van der Waals surface area contributed by atoms with Crippen LogP contribution in [0.25, 0.3) is 0 Å². The van der Waals surface area contributed by atoms with E-state index in [4.69, 9.17) is 0 Å². The molecule has 2 N–H and O–H groups in total. The lowest BCUT2D eigenvalue weighted by molar-refractivity contribution is -0.145. The molecule has 2 aliphatic heterocycles. The largest absolute Gasteiger partial charge is 0.350 e. The third-order valence-corrected chi connectivity index (χ3v) is 5.75. The monoisotopic (exact) mass is 343 g/mol. The van der Waals surface area contributed by atoms with Crippen LogP contribution in [0.2, 0.25) is 0 Å². The summed E-state index contributed by atoms with van der Waals surface area (Å²) in [5.41, 5.74) is 0. The van der Waals surface area contributed by atoms with Crippen LogP contribution in [0.15, 0.2) is 0 Å². The van der Waals surface area contributed by atoms with Gasteiger partial charge in [0.05, 0.1) is 12.6 Å². The summed E-state index contributed by atoms with van der Waals surface area (Å²) in [6, 6.07) is 0.418. The Balaban J connectivity index is 0.00000192. The maximum atomic E-state index is 12.8. The van der Waals surface area contributed by atoms with Gasteiger partial charge in [-0.3, -0.25) is 9.59 Å². The minimum absolute atomic E-state index is 0. The molecule has 132 valence electrons. The van der Waals surface area contributed by atoms with Crippen molar-refractivity contribution in [2.24, 2.45) is 11.8 Å². The number of piperidine rings is 1. The number of nitrogens with one attached hydrogen (secondary N) is 2. The molecule has 1 saturated carbocycles. The molecule has 5 nitrogen and oxygen atoms in total. The second-order valence-electron chi connectivity index (χ2n) is 7.34. The number of piperazine rings is 1. The molecule has 2 amide bonds. The first-order chi connectivity index (χ1) is 10.6. The molecule has 0 spiro atoms. The van der Waals surface area contributed by atoms with Gasteiger partial charge in [-0.1, -0.05) is 19.8 Å². The first kappa shape index (κ1) is 18.5. The van der Waals surface area contributed by atoms with Crippen LogP contribution >= 0.6 is 12.4 Å². The number of fused-ring (bicyclic) bond motifs is 1. The average molecular weight is 344 g/mol. The lowest BCUT2D eigenvalue weighted by atomic mass is 9.84. The molecule has 4 atom stereocenters. The molecule has 3 fully saturated rings. The highest BCUT2D eigenvalue weighted by molar-refractivity contribution is 5.86. The molecule has 3 rings (SSSR count). The first-order valence-corrected chi connectivity index (χ1v) is 8.94. The Morgan fingerprint density at radius 2 is 2.04 bits per heavy atom. The molecule has 1 aliphatic carbocycles. The van der Waals surface area contributed by atoms with Crippen molar-refractivity contribution in [1.82, 2.24) is 15.5 Å². The zero-order valence-corrected chi connectivity index (χ0v) is 14.9. The van der Waals surface area contributed by atoms with Gasteiger partial charge < -0.3 is 15.5 Å². The van der Waals surface area contributed by atoms with Crippen LogP contribution in [0.5, 0.6) is 0 Å². The van der Waals surface area contributed by atoms with Gasteiger partial charge in [-0.25, -0.2) is 0 Å². The Morgan fingerprint density at radius 1 is 1.26 bits per heavy atom. The number of amides is 2. The zero-order chi connectivity index (χ0) is 15.5. The van der Waals surface area contributed by atoms with E-state index in [-0.39, 0.29) is 42.8 Å². The number of carbonyl (C=O) groups is 2. The van der Waals surface area contributed by atoms with Gasteiger partial charge in [0.15, 0.2) is 0 Å². The van der Waals surface area contributed by atoms with E-state index in [9.17, 15) is 9.59 Å². The summed E-state index contributed by atoms with van der Waals surface area (Å²) in [6.45, 7) is 4.59. The summed E-state index contributed by atoms with van der Waals surface area (Å²) in [6.07, 6.45) is 7.39. The predicted molar refractivity (Wildman–Crippen MR) is 92.5 cm³/mol. The van der Waals surface area contributed by atoms with Gasteiger partial charge in [0.25, 0.3) is 0 Å². The van der Waals surface area contributed by atoms with Gasteiger partial charge in [0.1, 0.15) is 0 Å². The number of carbonyl (C=O) groups excluding carboxylic acids is 2. The molecule has 2 saturated heterocycles. The van der Waals surface area contributed by atoms with Gasteiger partial charge >= 0.3 is 0 Å². The fourth-order valence-corrected chi connectivity index (χ4v) is 4.37. The van der Waals surface area contributed by atoms with Gasteiger partial charge in [0, 0.05) is 12.5 Å². The Hall–Kier alpha value is -0.810. The topological polar surface area (TPSA) is 61.4 Å². The third kappa shape index (κ3) is 4.38. The zero-order valence-electron chi connectivity index (χ0n) is 14.1. The molecule has 23 heavy (non-hydrogen) atoms. The van der Waals surface area contributed by atoms with E-state index in [2.05, 4.69) is 17.6 Å². The van der Waals surface area contributed by atoms with E-state index in [0.717, 1.165) is 32.4 Å². The lowest BCUT2D eigenvalue weighted by Crippen LogP contribution is -2.63. The van der Waals surface area contributed by atoms with Crippen LogP contribution in [-0.2, 0) is 9.59 Å². The standard InChI is InChI=1S/C17H29N3O2.ClH/c1-12(13-5-4-8-18-10-13)9-17(22)20-11-16(21)19-14-6-2-3-7-15(14)20;/h12-15,18H,2-11H2,1H3,(H,19,21);1H. The summed E-state index contributed by atoms with van der Waals surface area (Å²) < 4.78 is 0. The van der Waals surface area contributed by atoms with Crippen LogP contribution in [0, 0.1) is 11.8 Å². The van der Waals surface area contributed by atoms with Crippen molar-refractivity contribution in [2.75, 3.05) is 19.6 Å². The smallest absolute Gasteiger partial charge is 0.239 e.